The van der Waals surface area contributed by atoms with E-state index in [0.29, 0.717) is 34.6 Å². The monoisotopic (exact) mass is 424 g/mol. The minimum Gasteiger partial charge on any atom is -0.494 e. The van der Waals surface area contributed by atoms with Gasteiger partial charge in [-0.2, -0.15) is 14.8 Å². The number of aryl methyl sites for hydroxylation is 1. The largest absolute Gasteiger partial charge is 0.494 e. The molecule has 0 fully saturated rings. The summed E-state index contributed by atoms with van der Waals surface area (Å²) in [6.45, 7) is 4.48. The lowest BCUT2D eigenvalue weighted by Gasteiger charge is -2.10. The van der Waals surface area contributed by atoms with Gasteiger partial charge >= 0.3 is 0 Å². The quantitative estimate of drug-likeness (QED) is 0.403. The van der Waals surface area contributed by atoms with Crippen LogP contribution in [0.25, 0.3) is 39.4 Å². The van der Waals surface area contributed by atoms with Crippen molar-refractivity contribution in [2.24, 2.45) is 0 Å². The average molecular weight is 424 g/mol. The van der Waals surface area contributed by atoms with Crippen LogP contribution < -0.4 is 10.3 Å². The van der Waals surface area contributed by atoms with Crippen LogP contribution in [0.4, 0.5) is 0 Å². The first-order valence-electron chi connectivity index (χ1n) is 10.3. The summed E-state index contributed by atoms with van der Waals surface area (Å²) in [6.07, 6.45) is 0. The van der Waals surface area contributed by atoms with E-state index in [-0.39, 0.29) is 11.4 Å². The molecule has 7 heteroatoms. The van der Waals surface area contributed by atoms with Crippen molar-refractivity contribution in [2.75, 3.05) is 6.61 Å². The number of aromatic nitrogens is 4. The highest BCUT2D eigenvalue weighted by Crippen LogP contribution is 2.27. The maximum atomic E-state index is 13.2. The van der Waals surface area contributed by atoms with Crippen LogP contribution >= 0.6 is 0 Å². The van der Waals surface area contributed by atoms with Gasteiger partial charge in [-0.1, -0.05) is 47.6 Å². The lowest BCUT2D eigenvalue weighted by atomic mass is 10.1. The molecule has 2 heterocycles. The predicted molar refractivity (Wildman–Crippen MR) is 122 cm³/mol. The first-order valence-corrected chi connectivity index (χ1v) is 10.3. The van der Waals surface area contributed by atoms with Gasteiger partial charge in [-0.3, -0.25) is 4.79 Å². The van der Waals surface area contributed by atoms with E-state index in [4.69, 9.17) is 9.26 Å². The average Bonchev–Trinajstić information content (AvgIpc) is 3.30. The third kappa shape index (κ3) is 3.43. The van der Waals surface area contributed by atoms with Crippen LogP contribution in [0.3, 0.4) is 0 Å². The second-order valence-corrected chi connectivity index (χ2v) is 7.28. The number of fused-ring (bicyclic) bond motifs is 1. The summed E-state index contributed by atoms with van der Waals surface area (Å²) in [7, 11) is 0. The summed E-state index contributed by atoms with van der Waals surface area (Å²) in [4.78, 5) is 17.8. The van der Waals surface area contributed by atoms with Gasteiger partial charge in [0.2, 0.25) is 5.82 Å². The van der Waals surface area contributed by atoms with E-state index in [2.05, 4.69) is 15.2 Å². The second-order valence-electron chi connectivity index (χ2n) is 7.28. The molecule has 0 radical (unpaired) electrons. The van der Waals surface area contributed by atoms with Gasteiger partial charge < -0.3 is 9.26 Å². The summed E-state index contributed by atoms with van der Waals surface area (Å²) >= 11 is 0. The van der Waals surface area contributed by atoms with Crippen LogP contribution in [0.15, 0.2) is 82.1 Å². The molecule has 2 aromatic heterocycles. The number of rotatable bonds is 5. The standard InChI is InChI=1S/C25H20N4O3/c1-3-31-18-14-12-17(13-15-18)29-25(30)21-11-7-6-10-20(21)22(27-29)24-26-23(28-32-24)19-9-5-4-8-16(19)2/h4-15H,3H2,1-2H3. The molecule has 0 atom stereocenters. The molecule has 0 aliphatic rings. The Kier molecular flexibility index (Phi) is 4.99. The zero-order chi connectivity index (χ0) is 22.1. The number of hydrogen-bond acceptors (Lipinski definition) is 6. The third-order valence-electron chi connectivity index (χ3n) is 5.21. The molecule has 32 heavy (non-hydrogen) atoms. The van der Waals surface area contributed by atoms with Gasteiger partial charge in [-0.15, -0.1) is 0 Å². The van der Waals surface area contributed by atoms with Crippen LogP contribution in [0.1, 0.15) is 12.5 Å². The van der Waals surface area contributed by atoms with Crippen LogP contribution in [-0.4, -0.2) is 26.5 Å². The lowest BCUT2D eigenvalue weighted by Crippen LogP contribution is -2.22. The highest BCUT2D eigenvalue weighted by atomic mass is 16.5. The molecule has 0 saturated heterocycles. The van der Waals surface area contributed by atoms with Crippen molar-refractivity contribution in [2.45, 2.75) is 13.8 Å². The highest BCUT2D eigenvalue weighted by molar-refractivity contribution is 5.92. The van der Waals surface area contributed by atoms with Crippen molar-refractivity contribution < 1.29 is 9.26 Å². The molecule has 0 N–H and O–H groups in total. The number of ether oxygens (including phenoxy) is 1. The molecule has 7 nitrogen and oxygen atoms in total. The van der Waals surface area contributed by atoms with E-state index in [1.807, 2.05) is 68.4 Å². The van der Waals surface area contributed by atoms with Crippen LogP contribution in [0.2, 0.25) is 0 Å². The van der Waals surface area contributed by atoms with Crippen molar-refractivity contribution in [3.63, 3.8) is 0 Å². The molecular weight excluding hydrogens is 404 g/mol. The van der Waals surface area contributed by atoms with Gasteiger partial charge in [-0.25, -0.2) is 0 Å². The van der Waals surface area contributed by atoms with Gasteiger partial charge in [0.05, 0.1) is 17.7 Å². The minimum atomic E-state index is -0.229. The molecule has 0 saturated carbocycles. The Bertz CT molecular complexity index is 1470. The fourth-order valence-corrected chi connectivity index (χ4v) is 3.63. The third-order valence-corrected chi connectivity index (χ3v) is 5.21. The molecule has 0 unspecified atom stereocenters. The van der Waals surface area contributed by atoms with Gasteiger partial charge in [0.15, 0.2) is 5.69 Å². The summed E-state index contributed by atoms with van der Waals surface area (Å²) in [5.74, 6) is 1.45. The van der Waals surface area contributed by atoms with Gasteiger partial charge in [0.1, 0.15) is 5.75 Å². The van der Waals surface area contributed by atoms with E-state index >= 15 is 0 Å². The molecule has 0 amide bonds. The first kappa shape index (κ1) is 19.7. The Hall–Kier alpha value is -4.26. The van der Waals surface area contributed by atoms with Crippen molar-refractivity contribution >= 4 is 10.8 Å². The normalized spacial score (nSPS) is 11.1. The highest BCUT2D eigenvalue weighted by Gasteiger charge is 2.19. The molecule has 0 aliphatic heterocycles. The predicted octanol–water partition coefficient (Wildman–Crippen LogP) is 4.81. The topological polar surface area (TPSA) is 83.0 Å². The second kappa shape index (κ2) is 8.11. The maximum absolute atomic E-state index is 13.2. The Morgan fingerprint density at radius 1 is 0.938 bits per heavy atom. The summed E-state index contributed by atoms with van der Waals surface area (Å²) in [5.41, 5.74) is 2.75. The van der Waals surface area contributed by atoms with Crippen molar-refractivity contribution in [3.8, 4) is 34.4 Å². The van der Waals surface area contributed by atoms with Crippen LogP contribution in [0, 0.1) is 6.92 Å². The van der Waals surface area contributed by atoms with Gasteiger partial charge in [0, 0.05) is 10.9 Å². The first-order chi connectivity index (χ1) is 15.7. The molecule has 0 bridgehead atoms. The molecule has 0 aliphatic carbocycles. The minimum absolute atomic E-state index is 0.229. The Morgan fingerprint density at radius 2 is 1.66 bits per heavy atom. The fourth-order valence-electron chi connectivity index (χ4n) is 3.63. The molecule has 5 aromatic rings. The lowest BCUT2D eigenvalue weighted by molar-refractivity contribution is 0.340. The Morgan fingerprint density at radius 3 is 2.41 bits per heavy atom. The van der Waals surface area contributed by atoms with Gasteiger partial charge in [0.25, 0.3) is 11.4 Å². The summed E-state index contributed by atoms with van der Waals surface area (Å²) in [6, 6.07) is 22.3. The molecule has 0 spiro atoms. The maximum Gasteiger partial charge on any atom is 0.279 e. The fraction of sp³-hybridized carbons (Fsp3) is 0.120. The molecular formula is C25H20N4O3. The molecule has 5 rings (SSSR count). The smallest absolute Gasteiger partial charge is 0.279 e. The van der Waals surface area contributed by atoms with Crippen molar-refractivity contribution in [1.82, 2.24) is 19.9 Å². The van der Waals surface area contributed by atoms with E-state index in [9.17, 15) is 4.79 Å². The molecule has 158 valence electrons. The van der Waals surface area contributed by atoms with Crippen molar-refractivity contribution in [1.29, 1.82) is 0 Å². The number of hydrogen-bond donors (Lipinski definition) is 0. The number of benzene rings is 3. The van der Waals surface area contributed by atoms with E-state index in [1.54, 1.807) is 18.2 Å². The summed E-state index contributed by atoms with van der Waals surface area (Å²) < 4.78 is 12.4. The SMILES string of the molecule is CCOc1ccc(-n2nc(-c3nc(-c4ccccc4C)no3)c3ccccc3c2=O)cc1. The Balaban J connectivity index is 1.68. The van der Waals surface area contributed by atoms with E-state index < -0.39 is 0 Å². The number of nitrogens with zero attached hydrogens (tertiary/aromatic N) is 4. The van der Waals surface area contributed by atoms with E-state index in [1.165, 1.54) is 4.68 Å². The van der Waals surface area contributed by atoms with E-state index in [0.717, 1.165) is 16.9 Å². The zero-order valence-electron chi connectivity index (χ0n) is 17.6. The molecule has 3 aromatic carbocycles. The zero-order valence-corrected chi connectivity index (χ0v) is 17.6. The summed E-state index contributed by atoms with van der Waals surface area (Å²) in [5, 5.41) is 9.94. The Labute approximate surface area is 183 Å². The van der Waals surface area contributed by atoms with Crippen LogP contribution in [0.5, 0.6) is 5.75 Å². The van der Waals surface area contributed by atoms with Gasteiger partial charge in [-0.05, 0) is 49.7 Å². The van der Waals surface area contributed by atoms with Crippen LogP contribution in [-0.2, 0) is 0 Å². The van der Waals surface area contributed by atoms with Crippen molar-refractivity contribution in [3.05, 3.63) is 88.7 Å².